The monoisotopic (exact) mass is 364 g/mol. The van der Waals surface area contributed by atoms with Crippen LogP contribution in [-0.4, -0.2) is 6.21 Å². The quantitative estimate of drug-likeness (QED) is 0.430. The first-order valence-electron chi connectivity index (χ1n) is 7.29. The van der Waals surface area contributed by atoms with E-state index in [0.29, 0.717) is 6.61 Å². The zero-order valence-electron chi connectivity index (χ0n) is 12.4. The van der Waals surface area contributed by atoms with Crippen LogP contribution < -0.4 is 0 Å². The fraction of sp³-hybridized carbons (Fsp3) is 0.0500. The first-order chi connectivity index (χ1) is 11.3. The highest BCUT2D eigenvalue weighted by Crippen LogP contribution is 2.19. The molecule has 0 atom stereocenters. The van der Waals surface area contributed by atoms with E-state index in [0.717, 1.165) is 15.6 Å². The summed E-state index contributed by atoms with van der Waals surface area (Å²) in [5.41, 5.74) is 4.35. The van der Waals surface area contributed by atoms with Crippen LogP contribution >= 0.6 is 15.9 Å². The van der Waals surface area contributed by atoms with Gasteiger partial charge in [-0.2, -0.15) is 0 Å². The number of hydrogen-bond donors (Lipinski definition) is 0. The fourth-order valence-electron chi connectivity index (χ4n) is 2.17. The highest BCUT2D eigenvalue weighted by molar-refractivity contribution is 9.10. The molecule has 3 rings (SSSR count). The summed E-state index contributed by atoms with van der Waals surface area (Å²) in [5.74, 6) is 0. The maximum absolute atomic E-state index is 5.31. The summed E-state index contributed by atoms with van der Waals surface area (Å²) < 4.78 is 0.995. The van der Waals surface area contributed by atoms with Gasteiger partial charge in [-0.15, -0.1) is 0 Å². The Bertz CT molecular complexity index is 782. The largest absolute Gasteiger partial charge is 0.390 e. The average molecular weight is 365 g/mol. The van der Waals surface area contributed by atoms with Crippen molar-refractivity contribution in [2.45, 2.75) is 6.61 Å². The topological polar surface area (TPSA) is 21.6 Å². The molecule has 0 spiro atoms. The molecule has 3 aromatic carbocycles. The minimum Gasteiger partial charge on any atom is -0.390 e. The molecule has 0 saturated carbocycles. The molecule has 0 amide bonds. The molecule has 0 aliphatic rings. The van der Waals surface area contributed by atoms with Crippen molar-refractivity contribution >= 4 is 22.1 Å². The van der Waals surface area contributed by atoms with Gasteiger partial charge in [0.05, 0.1) is 0 Å². The number of nitrogens with zero attached hydrogens (tertiary/aromatic N) is 1. The summed E-state index contributed by atoms with van der Waals surface area (Å²) in [6.07, 6.45) is 2.87. The number of hydrogen-bond acceptors (Lipinski definition) is 2. The molecule has 0 aromatic heterocycles. The van der Waals surface area contributed by atoms with Crippen LogP contribution in [0.15, 0.2) is 88.5 Å². The average Bonchev–Trinajstić information content (AvgIpc) is 2.60. The van der Waals surface area contributed by atoms with Crippen LogP contribution in [0.25, 0.3) is 11.1 Å². The van der Waals surface area contributed by atoms with Gasteiger partial charge in [-0.3, -0.25) is 0 Å². The van der Waals surface area contributed by atoms with E-state index in [-0.39, 0.29) is 0 Å². The fourth-order valence-corrected chi connectivity index (χ4v) is 2.57. The van der Waals surface area contributed by atoms with Gasteiger partial charge in [0.25, 0.3) is 0 Å². The second-order valence-corrected chi connectivity index (χ2v) is 5.97. The molecule has 2 nitrogen and oxygen atoms in total. The van der Waals surface area contributed by atoms with E-state index >= 15 is 0 Å². The molecular formula is C20H15BrNO. The molecule has 0 saturated heterocycles. The van der Waals surface area contributed by atoms with Crippen LogP contribution in [0.5, 0.6) is 0 Å². The lowest BCUT2D eigenvalue weighted by molar-refractivity contribution is 0.132. The number of rotatable bonds is 5. The predicted octanol–water partition coefficient (Wildman–Crippen LogP) is 5.54. The van der Waals surface area contributed by atoms with Gasteiger partial charge < -0.3 is 4.84 Å². The van der Waals surface area contributed by atoms with Crippen molar-refractivity contribution in [3.05, 3.63) is 94.5 Å². The molecular weight excluding hydrogens is 350 g/mol. The number of benzene rings is 3. The van der Waals surface area contributed by atoms with Crippen molar-refractivity contribution in [1.29, 1.82) is 0 Å². The van der Waals surface area contributed by atoms with Crippen LogP contribution in [0.3, 0.4) is 0 Å². The summed E-state index contributed by atoms with van der Waals surface area (Å²) in [4.78, 5) is 5.31. The molecule has 113 valence electrons. The van der Waals surface area contributed by atoms with Gasteiger partial charge >= 0.3 is 0 Å². The second-order valence-electron chi connectivity index (χ2n) is 5.05. The summed E-state index contributed by atoms with van der Waals surface area (Å²) in [5, 5.41) is 3.89. The summed E-state index contributed by atoms with van der Waals surface area (Å²) in [7, 11) is 0. The van der Waals surface area contributed by atoms with E-state index in [1.807, 2.05) is 42.5 Å². The smallest absolute Gasteiger partial charge is 0.142 e. The Labute approximate surface area is 144 Å². The van der Waals surface area contributed by atoms with Gasteiger partial charge in [0.15, 0.2) is 0 Å². The molecule has 0 heterocycles. The van der Waals surface area contributed by atoms with E-state index < -0.39 is 0 Å². The molecule has 0 N–H and O–H groups in total. The van der Waals surface area contributed by atoms with Crippen molar-refractivity contribution in [2.75, 3.05) is 0 Å². The zero-order valence-corrected chi connectivity index (χ0v) is 14.0. The lowest BCUT2D eigenvalue weighted by atomic mass is 10.0. The highest BCUT2D eigenvalue weighted by Gasteiger charge is 1.98. The zero-order chi connectivity index (χ0) is 15.9. The Hall–Kier alpha value is -2.39. The van der Waals surface area contributed by atoms with Crippen LogP contribution in [0.2, 0.25) is 0 Å². The molecule has 0 unspecified atom stereocenters. The van der Waals surface area contributed by atoms with Gasteiger partial charge in [-0.05, 0) is 28.8 Å². The molecule has 0 bridgehead atoms. The van der Waals surface area contributed by atoms with E-state index in [2.05, 4.69) is 63.7 Å². The van der Waals surface area contributed by atoms with Gasteiger partial charge in [0.1, 0.15) is 12.8 Å². The van der Waals surface area contributed by atoms with E-state index in [1.165, 1.54) is 11.1 Å². The van der Waals surface area contributed by atoms with Crippen molar-refractivity contribution in [1.82, 2.24) is 0 Å². The third-order valence-corrected chi connectivity index (χ3v) is 3.85. The maximum atomic E-state index is 5.31. The Morgan fingerprint density at radius 2 is 1.57 bits per heavy atom. The SMILES string of the molecule is Brc1cccc(/[C]=N\OCc2ccc(-c3ccccc3)cc2)c1. The highest BCUT2D eigenvalue weighted by atomic mass is 79.9. The Morgan fingerprint density at radius 1 is 0.826 bits per heavy atom. The molecule has 1 radical (unpaired) electrons. The lowest BCUT2D eigenvalue weighted by Crippen LogP contribution is -1.88. The van der Waals surface area contributed by atoms with Crippen LogP contribution in [0, 0.1) is 0 Å². The maximum Gasteiger partial charge on any atom is 0.142 e. The van der Waals surface area contributed by atoms with Crippen LogP contribution in [-0.2, 0) is 11.4 Å². The summed E-state index contributed by atoms with van der Waals surface area (Å²) in [6, 6.07) is 26.3. The predicted molar refractivity (Wildman–Crippen MR) is 97.3 cm³/mol. The Kier molecular flexibility index (Phi) is 5.22. The van der Waals surface area contributed by atoms with E-state index in [9.17, 15) is 0 Å². The van der Waals surface area contributed by atoms with Gasteiger partial charge in [-0.25, -0.2) is 0 Å². The van der Waals surface area contributed by atoms with E-state index in [4.69, 9.17) is 4.84 Å². The molecule has 3 heteroatoms. The number of halogens is 1. The van der Waals surface area contributed by atoms with Crippen LogP contribution in [0.4, 0.5) is 0 Å². The molecule has 0 fully saturated rings. The molecule has 0 aliphatic heterocycles. The summed E-state index contributed by atoms with van der Waals surface area (Å²) >= 11 is 3.41. The van der Waals surface area contributed by atoms with E-state index in [1.54, 1.807) is 0 Å². The first-order valence-corrected chi connectivity index (χ1v) is 8.08. The standard InChI is InChI=1S/C20H15BrNO/c21-20-8-4-5-17(13-20)14-22-23-15-16-9-11-19(12-10-16)18-6-2-1-3-7-18/h1-13H,15H2. The molecule has 23 heavy (non-hydrogen) atoms. The van der Waals surface area contributed by atoms with Crippen molar-refractivity contribution < 1.29 is 4.84 Å². The van der Waals surface area contributed by atoms with Gasteiger partial charge in [0, 0.05) is 10.0 Å². The van der Waals surface area contributed by atoms with Crippen molar-refractivity contribution in [3.63, 3.8) is 0 Å². The normalized spacial score (nSPS) is 10.8. The molecule has 3 aromatic rings. The Balaban J connectivity index is 1.57. The van der Waals surface area contributed by atoms with Crippen molar-refractivity contribution in [2.24, 2.45) is 5.16 Å². The first kappa shape index (κ1) is 15.5. The third-order valence-electron chi connectivity index (χ3n) is 3.36. The van der Waals surface area contributed by atoms with Crippen molar-refractivity contribution in [3.8, 4) is 11.1 Å². The lowest BCUT2D eigenvalue weighted by Gasteiger charge is -2.03. The van der Waals surface area contributed by atoms with Gasteiger partial charge in [0.2, 0.25) is 0 Å². The minimum atomic E-state index is 0.427. The van der Waals surface area contributed by atoms with Crippen LogP contribution in [0.1, 0.15) is 11.1 Å². The summed E-state index contributed by atoms with van der Waals surface area (Å²) in [6.45, 7) is 0.427. The molecule has 0 aliphatic carbocycles. The van der Waals surface area contributed by atoms with Gasteiger partial charge in [-0.1, -0.05) is 87.8 Å². The Morgan fingerprint density at radius 3 is 2.30 bits per heavy atom. The minimum absolute atomic E-state index is 0.427. The second kappa shape index (κ2) is 7.75. The third kappa shape index (κ3) is 4.54.